The number of nitrogens with one attached hydrogen (secondary N) is 1. The SMILES string of the molecule is Cc1cc(NC(=O)c2ccc3nccn3n2)n(-c2ccccc2)n1. The van der Waals surface area contributed by atoms with Gasteiger partial charge in [0.15, 0.2) is 5.65 Å². The van der Waals surface area contributed by atoms with E-state index in [1.165, 1.54) is 0 Å². The molecular weight excluding hydrogens is 304 g/mol. The van der Waals surface area contributed by atoms with Gasteiger partial charge in [-0.1, -0.05) is 18.2 Å². The Morgan fingerprint density at radius 1 is 1.08 bits per heavy atom. The summed E-state index contributed by atoms with van der Waals surface area (Å²) in [6, 6.07) is 14.9. The number of aromatic nitrogens is 5. The molecule has 0 aliphatic rings. The first-order valence-electron chi connectivity index (χ1n) is 7.44. The molecule has 0 aliphatic heterocycles. The zero-order valence-corrected chi connectivity index (χ0v) is 12.9. The molecule has 1 N–H and O–H groups in total. The van der Waals surface area contributed by atoms with Crippen LogP contribution in [0.15, 0.2) is 60.9 Å². The van der Waals surface area contributed by atoms with E-state index < -0.39 is 0 Å². The minimum absolute atomic E-state index is 0.303. The van der Waals surface area contributed by atoms with Crippen molar-refractivity contribution in [2.24, 2.45) is 0 Å². The van der Waals surface area contributed by atoms with Crippen molar-refractivity contribution < 1.29 is 4.79 Å². The van der Waals surface area contributed by atoms with Crippen LogP contribution >= 0.6 is 0 Å². The highest BCUT2D eigenvalue weighted by Crippen LogP contribution is 2.17. The summed E-state index contributed by atoms with van der Waals surface area (Å²) in [4.78, 5) is 16.6. The van der Waals surface area contributed by atoms with E-state index in [4.69, 9.17) is 0 Å². The fourth-order valence-electron chi connectivity index (χ4n) is 2.47. The van der Waals surface area contributed by atoms with Gasteiger partial charge >= 0.3 is 0 Å². The standard InChI is InChI=1S/C17H14N6O/c1-12-11-16(23(20-12)13-5-3-2-4-6-13)19-17(24)14-7-8-15-18-9-10-22(15)21-14/h2-11H,1H3,(H,19,24). The van der Waals surface area contributed by atoms with E-state index in [0.29, 0.717) is 17.2 Å². The van der Waals surface area contributed by atoms with Crippen LogP contribution in [0, 0.1) is 6.92 Å². The molecule has 0 unspecified atom stereocenters. The number of carbonyl (C=O) groups excluding carboxylic acids is 1. The second-order valence-electron chi connectivity index (χ2n) is 5.32. The lowest BCUT2D eigenvalue weighted by molar-refractivity contribution is 0.102. The van der Waals surface area contributed by atoms with E-state index in [-0.39, 0.29) is 5.91 Å². The minimum atomic E-state index is -0.303. The van der Waals surface area contributed by atoms with Gasteiger partial charge in [-0.3, -0.25) is 4.79 Å². The van der Waals surface area contributed by atoms with Gasteiger partial charge in [0.25, 0.3) is 5.91 Å². The molecule has 1 amide bonds. The molecule has 0 saturated heterocycles. The number of hydrogen-bond donors (Lipinski definition) is 1. The molecule has 118 valence electrons. The Kier molecular flexibility index (Phi) is 3.31. The van der Waals surface area contributed by atoms with Gasteiger partial charge in [0.1, 0.15) is 11.5 Å². The van der Waals surface area contributed by atoms with Crippen LogP contribution in [0.25, 0.3) is 11.3 Å². The first-order valence-corrected chi connectivity index (χ1v) is 7.44. The van der Waals surface area contributed by atoms with Crippen molar-refractivity contribution in [2.45, 2.75) is 6.92 Å². The number of fused-ring (bicyclic) bond motifs is 1. The highest BCUT2D eigenvalue weighted by molar-refractivity contribution is 6.02. The smallest absolute Gasteiger partial charge is 0.277 e. The van der Waals surface area contributed by atoms with Crippen LogP contribution in [0.3, 0.4) is 0 Å². The Morgan fingerprint density at radius 3 is 2.75 bits per heavy atom. The monoisotopic (exact) mass is 318 g/mol. The van der Waals surface area contributed by atoms with Gasteiger partial charge in [-0.25, -0.2) is 14.2 Å². The largest absolute Gasteiger partial charge is 0.305 e. The molecule has 0 spiro atoms. The van der Waals surface area contributed by atoms with Crippen molar-refractivity contribution in [1.82, 2.24) is 24.4 Å². The lowest BCUT2D eigenvalue weighted by atomic mass is 10.3. The number of imidazole rings is 1. The van der Waals surface area contributed by atoms with Crippen LogP contribution in [0.1, 0.15) is 16.2 Å². The van der Waals surface area contributed by atoms with Crippen molar-refractivity contribution in [3.63, 3.8) is 0 Å². The lowest BCUT2D eigenvalue weighted by Gasteiger charge is -2.08. The van der Waals surface area contributed by atoms with Crippen LogP contribution < -0.4 is 5.32 Å². The van der Waals surface area contributed by atoms with E-state index in [1.807, 2.05) is 43.3 Å². The molecule has 0 saturated carbocycles. The highest BCUT2D eigenvalue weighted by Gasteiger charge is 2.14. The number of benzene rings is 1. The molecule has 0 aliphatic carbocycles. The maximum absolute atomic E-state index is 12.5. The van der Waals surface area contributed by atoms with Crippen molar-refractivity contribution in [3.05, 3.63) is 72.3 Å². The normalized spacial score (nSPS) is 10.9. The summed E-state index contributed by atoms with van der Waals surface area (Å²) in [6.07, 6.45) is 3.34. The summed E-state index contributed by atoms with van der Waals surface area (Å²) in [5.41, 5.74) is 2.68. The Bertz CT molecular complexity index is 1020. The number of hydrogen-bond acceptors (Lipinski definition) is 4. The fourth-order valence-corrected chi connectivity index (χ4v) is 2.47. The number of rotatable bonds is 3. The van der Waals surface area contributed by atoms with Crippen LogP contribution in [-0.2, 0) is 0 Å². The average Bonchev–Trinajstić information content (AvgIpc) is 3.21. The Hall–Kier alpha value is -3.48. The molecule has 7 nitrogen and oxygen atoms in total. The van der Waals surface area contributed by atoms with E-state index in [0.717, 1.165) is 11.4 Å². The number of nitrogens with zero attached hydrogens (tertiary/aromatic N) is 5. The Labute approximate surface area is 137 Å². The summed E-state index contributed by atoms with van der Waals surface area (Å²) >= 11 is 0. The first kappa shape index (κ1) is 14.1. The van der Waals surface area contributed by atoms with Gasteiger partial charge in [-0.15, -0.1) is 0 Å². The molecule has 0 fully saturated rings. The summed E-state index contributed by atoms with van der Waals surface area (Å²) < 4.78 is 3.26. The number of anilines is 1. The van der Waals surface area contributed by atoms with Crippen molar-refractivity contribution in [1.29, 1.82) is 0 Å². The molecule has 3 heterocycles. The van der Waals surface area contributed by atoms with Crippen LogP contribution in [0.4, 0.5) is 5.82 Å². The molecule has 4 aromatic rings. The van der Waals surface area contributed by atoms with Crippen molar-refractivity contribution in [2.75, 3.05) is 5.32 Å². The van der Waals surface area contributed by atoms with Gasteiger partial charge in [-0.2, -0.15) is 10.2 Å². The molecule has 0 radical (unpaired) electrons. The number of para-hydroxylation sites is 1. The molecular formula is C17H14N6O. The Morgan fingerprint density at radius 2 is 1.92 bits per heavy atom. The molecule has 3 aromatic heterocycles. The second-order valence-corrected chi connectivity index (χ2v) is 5.32. The third kappa shape index (κ3) is 2.52. The third-order valence-electron chi connectivity index (χ3n) is 3.56. The molecule has 24 heavy (non-hydrogen) atoms. The summed E-state index contributed by atoms with van der Waals surface area (Å²) in [6.45, 7) is 1.88. The lowest BCUT2D eigenvalue weighted by Crippen LogP contribution is -2.17. The molecule has 1 aromatic carbocycles. The van der Waals surface area contributed by atoms with Gasteiger partial charge in [0.05, 0.1) is 11.4 Å². The molecule has 0 bridgehead atoms. The van der Waals surface area contributed by atoms with Gasteiger partial charge in [0.2, 0.25) is 0 Å². The van der Waals surface area contributed by atoms with Crippen molar-refractivity contribution in [3.8, 4) is 5.69 Å². The number of aryl methyl sites for hydroxylation is 1. The summed E-state index contributed by atoms with van der Waals surface area (Å²) in [5, 5.41) is 11.6. The predicted molar refractivity (Wildman–Crippen MR) is 89.2 cm³/mol. The van der Waals surface area contributed by atoms with E-state index in [1.54, 1.807) is 33.7 Å². The van der Waals surface area contributed by atoms with Crippen molar-refractivity contribution >= 4 is 17.4 Å². The van der Waals surface area contributed by atoms with Gasteiger partial charge < -0.3 is 5.32 Å². The van der Waals surface area contributed by atoms with Crippen LogP contribution in [-0.4, -0.2) is 30.3 Å². The third-order valence-corrected chi connectivity index (χ3v) is 3.56. The number of carbonyl (C=O) groups is 1. The van der Waals surface area contributed by atoms with E-state index in [9.17, 15) is 4.79 Å². The topological polar surface area (TPSA) is 77.1 Å². The maximum atomic E-state index is 12.5. The average molecular weight is 318 g/mol. The molecule has 0 atom stereocenters. The maximum Gasteiger partial charge on any atom is 0.277 e. The zero-order chi connectivity index (χ0) is 16.5. The highest BCUT2D eigenvalue weighted by atomic mass is 16.2. The zero-order valence-electron chi connectivity index (χ0n) is 12.9. The first-order chi connectivity index (χ1) is 11.7. The second kappa shape index (κ2) is 5.62. The Balaban J connectivity index is 1.66. The molecule has 7 heteroatoms. The van der Waals surface area contributed by atoms with Crippen LogP contribution in [0.5, 0.6) is 0 Å². The quantitative estimate of drug-likeness (QED) is 0.629. The van der Waals surface area contributed by atoms with E-state index in [2.05, 4.69) is 20.5 Å². The summed E-state index contributed by atoms with van der Waals surface area (Å²) in [5.74, 6) is 0.291. The van der Waals surface area contributed by atoms with E-state index >= 15 is 0 Å². The minimum Gasteiger partial charge on any atom is -0.305 e. The predicted octanol–water partition coefficient (Wildman–Crippen LogP) is 2.48. The fraction of sp³-hybridized carbons (Fsp3) is 0.0588. The molecule has 4 rings (SSSR count). The number of amides is 1. The summed E-state index contributed by atoms with van der Waals surface area (Å²) in [7, 11) is 0. The van der Waals surface area contributed by atoms with Gasteiger partial charge in [-0.05, 0) is 31.2 Å². The van der Waals surface area contributed by atoms with Gasteiger partial charge in [0, 0.05) is 18.5 Å². The van der Waals surface area contributed by atoms with Crippen LogP contribution in [0.2, 0.25) is 0 Å².